The van der Waals surface area contributed by atoms with Gasteiger partial charge in [-0.3, -0.25) is 9.59 Å². The van der Waals surface area contributed by atoms with Crippen LogP contribution in [0.1, 0.15) is 53.5 Å². The van der Waals surface area contributed by atoms with E-state index >= 15 is 0 Å². The predicted octanol–water partition coefficient (Wildman–Crippen LogP) is 6.86. The molecule has 208 valence electrons. The van der Waals surface area contributed by atoms with E-state index in [1.165, 1.54) is 0 Å². The van der Waals surface area contributed by atoms with Crippen molar-refractivity contribution < 1.29 is 28.3 Å². The summed E-state index contributed by atoms with van der Waals surface area (Å²) in [6.07, 6.45) is 0.342. The van der Waals surface area contributed by atoms with E-state index in [0.717, 1.165) is 33.6 Å². The Hall–Kier alpha value is -4.10. The second-order valence-electron chi connectivity index (χ2n) is 9.41. The molecule has 0 bridgehead atoms. The minimum Gasteiger partial charge on any atom is -0.496 e. The molecule has 1 atom stereocenters. The van der Waals surface area contributed by atoms with E-state index in [1.54, 1.807) is 33.9 Å². The van der Waals surface area contributed by atoms with Crippen LogP contribution in [0.15, 0.2) is 71.3 Å². The van der Waals surface area contributed by atoms with Crippen molar-refractivity contribution >= 4 is 23.5 Å². The summed E-state index contributed by atoms with van der Waals surface area (Å²) in [5.74, 6) is 0.615. The van der Waals surface area contributed by atoms with Crippen molar-refractivity contribution in [1.29, 1.82) is 0 Å². The Kier molecular flexibility index (Phi) is 9.61. The Bertz CT molecular complexity index is 1480. The van der Waals surface area contributed by atoms with Gasteiger partial charge in [-0.05, 0) is 49.6 Å². The van der Waals surface area contributed by atoms with Crippen LogP contribution >= 0.6 is 11.6 Å². The van der Waals surface area contributed by atoms with Crippen LogP contribution in [-0.4, -0.2) is 30.8 Å². The van der Waals surface area contributed by atoms with Crippen molar-refractivity contribution in [3.63, 3.8) is 0 Å². The van der Waals surface area contributed by atoms with Crippen LogP contribution < -0.4 is 4.74 Å². The van der Waals surface area contributed by atoms with E-state index in [1.807, 2.05) is 60.7 Å². The zero-order chi connectivity index (χ0) is 28.6. The monoisotopic (exact) mass is 561 g/mol. The number of carbonyl (C=O) groups excluding carboxylic acids is 2. The molecule has 0 saturated carbocycles. The maximum absolute atomic E-state index is 12.8. The largest absolute Gasteiger partial charge is 0.496 e. The molecule has 40 heavy (non-hydrogen) atoms. The van der Waals surface area contributed by atoms with Crippen LogP contribution in [0.4, 0.5) is 0 Å². The second kappa shape index (κ2) is 13.3. The Morgan fingerprint density at radius 1 is 0.975 bits per heavy atom. The highest BCUT2D eigenvalue weighted by Crippen LogP contribution is 2.30. The standard InChI is InChI=1S/C32H32ClNO6/c1-5-38-30(35)18-23-12-15-29(37-4)25(17-23)16-22-10-13-24(14-11-22)32-27(20(2)34-40-32)19-31(36)39-21(3)26-8-6-7-9-28(26)33/h6-15,17,21H,5,16,18-19H2,1-4H3. The average Bonchev–Trinajstić information content (AvgIpc) is 3.29. The van der Waals surface area contributed by atoms with Gasteiger partial charge in [0.1, 0.15) is 11.9 Å². The van der Waals surface area contributed by atoms with Gasteiger partial charge in [-0.25, -0.2) is 0 Å². The molecule has 4 rings (SSSR count). The minimum absolute atomic E-state index is 0.0195. The zero-order valence-corrected chi connectivity index (χ0v) is 23.8. The van der Waals surface area contributed by atoms with Crippen molar-refractivity contribution in [2.24, 2.45) is 0 Å². The van der Waals surface area contributed by atoms with Crippen LogP contribution in [0.25, 0.3) is 11.3 Å². The van der Waals surface area contributed by atoms with Gasteiger partial charge in [0.15, 0.2) is 5.76 Å². The summed E-state index contributed by atoms with van der Waals surface area (Å²) in [4.78, 5) is 24.7. The number of carbonyl (C=O) groups is 2. The van der Waals surface area contributed by atoms with E-state index < -0.39 is 12.1 Å². The lowest BCUT2D eigenvalue weighted by atomic mass is 9.98. The summed E-state index contributed by atoms with van der Waals surface area (Å²) < 4.78 is 21.9. The normalized spacial score (nSPS) is 11.6. The fourth-order valence-electron chi connectivity index (χ4n) is 4.53. The number of esters is 2. The Morgan fingerprint density at radius 3 is 2.40 bits per heavy atom. The molecule has 0 saturated heterocycles. The smallest absolute Gasteiger partial charge is 0.311 e. The first-order chi connectivity index (χ1) is 19.3. The van der Waals surface area contributed by atoms with E-state index in [2.05, 4.69) is 5.16 Å². The zero-order valence-electron chi connectivity index (χ0n) is 23.0. The average molecular weight is 562 g/mol. The first kappa shape index (κ1) is 28.9. The maximum Gasteiger partial charge on any atom is 0.311 e. The molecule has 0 amide bonds. The third-order valence-electron chi connectivity index (χ3n) is 6.57. The lowest BCUT2D eigenvalue weighted by Crippen LogP contribution is -2.12. The highest BCUT2D eigenvalue weighted by molar-refractivity contribution is 6.31. The first-order valence-corrected chi connectivity index (χ1v) is 13.5. The van der Waals surface area contributed by atoms with Crippen LogP contribution in [0.5, 0.6) is 5.75 Å². The Labute approximate surface area is 239 Å². The number of ether oxygens (including phenoxy) is 3. The summed E-state index contributed by atoms with van der Waals surface area (Å²) in [6, 6.07) is 20.9. The number of hydrogen-bond acceptors (Lipinski definition) is 7. The molecular formula is C32H32ClNO6. The highest BCUT2D eigenvalue weighted by atomic mass is 35.5. The maximum atomic E-state index is 12.8. The Morgan fingerprint density at radius 2 is 1.70 bits per heavy atom. The van der Waals surface area contributed by atoms with Gasteiger partial charge >= 0.3 is 11.9 Å². The minimum atomic E-state index is -0.489. The van der Waals surface area contributed by atoms with Gasteiger partial charge < -0.3 is 18.7 Å². The lowest BCUT2D eigenvalue weighted by molar-refractivity contribution is -0.147. The molecule has 8 heteroatoms. The van der Waals surface area contributed by atoms with Gasteiger partial charge in [0, 0.05) is 28.1 Å². The summed E-state index contributed by atoms with van der Waals surface area (Å²) in [6.45, 7) is 5.74. The summed E-state index contributed by atoms with van der Waals surface area (Å²) in [5.41, 5.74) is 5.72. The topological polar surface area (TPSA) is 87.9 Å². The molecule has 0 aliphatic carbocycles. The number of methoxy groups -OCH3 is 1. The van der Waals surface area contributed by atoms with Crippen molar-refractivity contribution in [2.75, 3.05) is 13.7 Å². The number of halogens is 1. The molecular weight excluding hydrogens is 530 g/mol. The summed E-state index contributed by atoms with van der Waals surface area (Å²) >= 11 is 6.25. The highest BCUT2D eigenvalue weighted by Gasteiger charge is 2.21. The van der Waals surface area contributed by atoms with Crippen LogP contribution in [0.2, 0.25) is 5.02 Å². The number of hydrogen-bond donors (Lipinski definition) is 0. The molecule has 0 radical (unpaired) electrons. The molecule has 1 heterocycles. The van der Waals surface area contributed by atoms with Gasteiger partial charge in [0.05, 0.1) is 32.3 Å². The number of rotatable bonds is 11. The third-order valence-corrected chi connectivity index (χ3v) is 6.91. The summed E-state index contributed by atoms with van der Waals surface area (Å²) in [5, 5.41) is 4.65. The fraction of sp³-hybridized carbons (Fsp3) is 0.281. The van der Waals surface area contributed by atoms with Gasteiger partial charge in [0.25, 0.3) is 0 Å². The van der Waals surface area contributed by atoms with Crippen LogP contribution in [0, 0.1) is 6.92 Å². The SMILES string of the molecule is CCOC(=O)Cc1ccc(OC)c(Cc2ccc(-c3onc(C)c3CC(=O)OC(C)c3ccccc3Cl)cc2)c1. The molecule has 1 aromatic heterocycles. The number of benzene rings is 3. The molecule has 0 spiro atoms. The van der Waals surface area contributed by atoms with Crippen LogP contribution in [0.3, 0.4) is 0 Å². The van der Waals surface area contributed by atoms with Crippen LogP contribution in [-0.2, 0) is 38.3 Å². The predicted molar refractivity (Wildman–Crippen MR) is 152 cm³/mol. The number of aromatic nitrogens is 1. The Balaban J connectivity index is 1.47. The molecule has 7 nitrogen and oxygen atoms in total. The molecule has 1 unspecified atom stereocenters. The second-order valence-corrected chi connectivity index (χ2v) is 9.81. The van der Waals surface area contributed by atoms with Gasteiger partial charge in [-0.1, -0.05) is 71.4 Å². The fourth-order valence-corrected chi connectivity index (χ4v) is 4.82. The van der Waals surface area contributed by atoms with Crippen molar-refractivity contribution in [2.45, 2.75) is 46.1 Å². The lowest BCUT2D eigenvalue weighted by Gasteiger charge is -2.15. The van der Waals surface area contributed by atoms with Gasteiger partial charge in [-0.2, -0.15) is 0 Å². The summed E-state index contributed by atoms with van der Waals surface area (Å²) in [7, 11) is 1.63. The van der Waals surface area contributed by atoms with Crippen molar-refractivity contribution in [3.05, 3.63) is 105 Å². The van der Waals surface area contributed by atoms with E-state index in [0.29, 0.717) is 35.1 Å². The molecule has 3 aromatic carbocycles. The van der Waals surface area contributed by atoms with E-state index in [4.69, 9.17) is 30.3 Å². The first-order valence-electron chi connectivity index (χ1n) is 13.1. The molecule has 4 aromatic rings. The third kappa shape index (κ3) is 7.10. The molecule has 0 N–H and O–H groups in total. The van der Waals surface area contributed by atoms with Crippen molar-refractivity contribution in [3.8, 4) is 17.1 Å². The molecule has 0 aliphatic rings. The van der Waals surface area contributed by atoms with Gasteiger partial charge in [-0.15, -0.1) is 0 Å². The number of aryl methyl sites for hydroxylation is 1. The molecule has 0 fully saturated rings. The van der Waals surface area contributed by atoms with Crippen molar-refractivity contribution in [1.82, 2.24) is 5.16 Å². The quantitative estimate of drug-likeness (QED) is 0.185. The molecule has 0 aliphatic heterocycles. The van der Waals surface area contributed by atoms with E-state index in [-0.39, 0.29) is 18.8 Å². The number of nitrogens with zero attached hydrogens (tertiary/aromatic N) is 1. The van der Waals surface area contributed by atoms with E-state index in [9.17, 15) is 9.59 Å². The van der Waals surface area contributed by atoms with Gasteiger partial charge in [0.2, 0.25) is 0 Å².